The molecule has 0 heterocycles. The van der Waals surface area contributed by atoms with Gasteiger partial charge in [-0.25, -0.2) is 0 Å². The van der Waals surface area contributed by atoms with Crippen molar-refractivity contribution in [3.63, 3.8) is 0 Å². The van der Waals surface area contributed by atoms with Crippen LogP contribution in [0.4, 0.5) is 0 Å². The molecule has 0 aromatic heterocycles. The number of ether oxygens (including phenoxy) is 1. The summed E-state index contributed by atoms with van der Waals surface area (Å²) in [5.74, 6) is 0.752. The summed E-state index contributed by atoms with van der Waals surface area (Å²) < 4.78 is 5.42. The molecule has 0 saturated carbocycles. The second-order valence-corrected chi connectivity index (χ2v) is 3.69. The van der Waals surface area contributed by atoms with E-state index in [1.54, 1.807) is 12.1 Å². The predicted octanol–water partition coefficient (Wildman–Crippen LogP) is 2.27. The molecule has 0 spiro atoms. The molecule has 1 atom stereocenters. The molecule has 15 heavy (non-hydrogen) atoms. The van der Waals surface area contributed by atoms with E-state index in [9.17, 15) is 0 Å². The lowest BCUT2D eigenvalue weighted by molar-refractivity contribution is 0.306. The van der Waals surface area contributed by atoms with E-state index < -0.39 is 6.04 Å². The van der Waals surface area contributed by atoms with Crippen LogP contribution in [0.1, 0.15) is 12.0 Å². The second-order valence-electron chi connectivity index (χ2n) is 3.28. The van der Waals surface area contributed by atoms with Crippen molar-refractivity contribution in [1.29, 1.82) is 5.26 Å². The van der Waals surface area contributed by atoms with Gasteiger partial charge in [-0.05, 0) is 30.7 Å². The van der Waals surface area contributed by atoms with Gasteiger partial charge in [0.1, 0.15) is 5.75 Å². The van der Waals surface area contributed by atoms with Gasteiger partial charge in [0.05, 0.1) is 18.7 Å². The van der Waals surface area contributed by atoms with Gasteiger partial charge in [0.15, 0.2) is 0 Å². The summed E-state index contributed by atoms with van der Waals surface area (Å²) in [5.41, 5.74) is 6.40. The van der Waals surface area contributed by atoms with Crippen molar-refractivity contribution in [2.75, 3.05) is 6.61 Å². The van der Waals surface area contributed by atoms with Crippen LogP contribution in [0.15, 0.2) is 18.2 Å². The molecule has 4 heteroatoms. The first-order valence-electron chi connectivity index (χ1n) is 4.67. The first kappa shape index (κ1) is 11.8. The number of nitrogens with zero attached hydrogens (tertiary/aromatic N) is 1. The second kappa shape index (κ2) is 5.59. The lowest BCUT2D eigenvalue weighted by atomic mass is 10.2. The largest absolute Gasteiger partial charge is 0.493 e. The monoisotopic (exact) mass is 224 g/mol. The molecular formula is C11H13ClN2O. The number of nitriles is 1. The van der Waals surface area contributed by atoms with Crippen LogP contribution in [0.3, 0.4) is 0 Å². The van der Waals surface area contributed by atoms with Crippen LogP contribution in [0, 0.1) is 18.3 Å². The van der Waals surface area contributed by atoms with Crippen LogP contribution < -0.4 is 10.5 Å². The number of benzene rings is 1. The lowest BCUT2D eigenvalue weighted by Crippen LogP contribution is -2.20. The van der Waals surface area contributed by atoms with Gasteiger partial charge < -0.3 is 10.5 Å². The maximum atomic E-state index is 8.46. The zero-order chi connectivity index (χ0) is 11.3. The summed E-state index contributed by atoms with van der Waals surface area (Å²) in [5, 5.41) is 9.18. The zero-order valence-electron chi connectivity index (χ0n) is 8.53. The van der Waals surface area contributed by atoms with Crippen molar-refractivity contribution in [2.24, 2.45) is 5.73 Å². The normalized spacial score (nSPS) is 11.9. The molecule has 0 aliphatic heterocycles. The van der Waals surface area contributed by atoms with Gasteiger partial charge >= 0.3 is 0 Å². The minimum Gasteiger partial charge on any atom is -0.493 e. The highest BCUT2D eigenvalue weighted by Gasteiger charge is 2.01. The Morgan fingerprint density at radius 3 is 2.93 bits per heavy atom. The number of nitrogens with two attached hydrogens (primary N) is 1. The molecule has 3 nitrogen and oxygen atoms in total. The van der Waals surface area contributed by atoms with E-state index in [1.165, 1.54) is 0 Å². The third-order valence-corrected chi connectivity index (χ3v) is 2.42. The molecule has 1 aromatic rings. The molecule has 0 aliphatic rings. The van der Waals surface area contributed by atoms with E-state index in [1.807, 2.05) is 19.1 Å². The molecule has 0 fully saturated rings. The molecule has 0 amide bonds. The molecule has 2 N–H and O–H groups in total. The van der Waals surface area contributed by atoms with Crippen LogP contribution in [-0.2, 0) is 0 Å². The summed E-state index contributed by atoms with van der Waals surface area (Å²) in [7, 11) is 0. The molecule has 0 radical (unpaired) electrons. The van der Waals surface area contributed by atoms with Crippen LogP contribution in [0.25, 0.3) is 0 Å². The van der Waals surface area contributed by atoms with Gasteiger partial charge in [0.25, 0.3) is 0 Å². The van der Waals surface area contributed by atoms with Crippen molar-refractivity contribution in [3.8, 4) is 11.8 Å². The molecule has 0 saturated heterocycles. The van der Waals surface area contributed by atoms with E-state index >= 15 is 0 Å². The summed E-state index contributed by atoms with van der Waals surface area (Å²) >= 11 is 5.87. The maximum Gasteiger partial charge on any atom is 0.119 e. The summed E-state index contributed by atoms with van der Waals surface area (Å²) in [6.45, 7) is 2.35. The third kappa shape index (κ3) is 3.78. The Hall–Kier alpha value is -1.24. The van der Waals surface area contributed by atoms with E-state index in [0.717, 1.165) is 16.3 Å². The molecule has 1 unspecified atom stereocenters. The Kier molecular flexibility index (Phi) is 4.41. The summed E-state index contributed by atoms with van der Waals surface area (Å²) in [6, 6.07) is 6.94. The topological polar surface area (TPSA) is 59.0 Å². The van der Waals surface area contributed by atoms with Crippen LogP contribution in [-0.4, -0.2) is 12.6 Å². The molecule has 1 aromatic carbocycles. The van der Waals surface area contributed by atoms with E-state index in [-0.39, 0.29) is 0 Å². The van der Waals surface area contributed by atoms with Gasteiger partial charge in [-0.2, -0.15) is 5.26 Å². The molecule has 0 aliphatic carbocycles. The van der Waals surface area contributed by atoms with Gasteiger partial charge in [-0.3, -0.25) is 0 Å². The van der Waals surface area contributed by atoms with Crippen molar-refractivity contribution in [3.05, 3.63) is 28.8 Å². The standard InChI is InChI=1S/C11H13ClN2O/c1-8-6-10(2-3-11(8)12)15-5-4-9(14)7-13/h2-3,6,9H,4-5,14H2,1H3. The highest BCUT2D eigenvalue weighted by atomic mass is 35.5. The molecule has 0 bridgehead atoms. The fraction of sp³-hybridized carbons (Fsp3) is 0.364. The van der Waals surface area contributed by atoms with Crippen LogP contribution in [0.5, 0.6) is 5.75 Å². The number of rotatable bonds is 4. The molecule has 80 valence electrons. The Morgan fingerprint density at radius 2 is 2.33 bits per heavy atom. The first-order chi connectivity index (χ1) is 7.13. The van der Waals surface area contributed by atoms with Crippen LogP contribution >= 0.6 is 11.6 Å². The van der Waals surface area contributed by atoms with Gasteiger partial charge in [0, 0.05) is 11.4 Å². The van der Waals surface area contributed by atoms with Gasteiger partial charge in [0.2, 0.25) is 0 Å². The highest BCUT2D eigenvalue weighted by Crippen LogP contribution is 2.21. The SMILES string of the molecule is Cc1cc(OCCC(N)C#N)ccc1Cl. The Morgan fingerprint density at radius 1 is 1.60 bits per heavy atom. The minimum atomic E-state index is -0.460. The Labute approximate surface area is 94.4 Å². The highest BCUT2D eigenvalue weighted by molar-refractivity contribution is 6.31. The van der Waals surface area contributed by atoms with Crippen molar-refractivity contribution < 1.29 is 4.74 Å². The molecule has 1 rings (SSSR count). The van der Waals surface area contributed by atoms with E-state index in [0.29, 0.717) is 13.0 Å². The van der Waals surface area contributed by atoms with Crippen molar-refractivity contribution in [1.82, 2.24) is 0 Å². The predicted molar refractivity (Wildman–Crippen MR) is 59.9 cm³/mol. The number of aryl methyl sites for hydroxylation is 1. The summed E-state index contributed by atoms with van der Waals surface area (Å²) in [4.78, 5) is 0. The smallest absolute Gasteiger partial charge is 0.119 e. The third-order valence-electron chi connectivity index (χ3n) is 1.99. The van der Waals surface area contributed by atoms with Crippen LogP contribution in [0.2, 0.25) is 5.02 Å². The lowest BCUT2D eigenvalue weighted by Gasteiger charge is -2.08. The Bertz CT molecular complexity index is 373. The fourth-order valence-electron chi connectivity index (χ4n) is 1.08. The average Bonchev–Trinajstić information content (AvgIpc) is 2.23. The first-order valence-corrected chi connectivity index (χ1v) is 5.05. The minimum absolute atomic E-state index is 0.440. The van der Waals surface area contributed by atoms with E-state index in [4.69, 9.17) is 27.3 Å². The number of halogens is 1. The maximum absolute atomic E-state index is 8.46. The number of hydrogen-bond donors (Lipinski definition) is 1. The molecular weight excluding hydrogens is 212 g/mol. The summed E-state index contributed by atoms with van der Waals surface area (Å²) in [6.07, 6.45) is 0.526. The Balaban J connectivity index is 2.45. The van der Waals surface area contributed by atoms with Crippen molar-refractivity contribution in [2.45, 2.75) is 19.4 Å². The fourth-order valence-corrected chi connectivity index (χ4v) is 1.19. The zero-order valence-corrected chi connectivity index (χ0v) is 9.29. The van der Waals surface area contributed by atoms with Gasteiger partial charge in [-0.1, -0.05) is 11.6 Å². The number of hydrogen-bond acceptors (Lipinski definition) is 3. The van der Waals surface area contributed by atoms with Crippen molar-refractivity contribution >= 4 is 11.6 Å². The van der Waals surface area contributed by atoms with Gasteiger partial charge in [-0.15, -0.1) is 0 Å². The average molecular weight is 225 g/mol. The quantitative estimate of drug-likeness (QED) is 0.854. The van der Waals surface area contributed by atoms with E-state index in [2.05, 4.69) is 0 Å².